The van der Waals surface area contributed by atoms with Crippen LogP contribution in [0.1, 0.15) is 32.3 Å². The van der Waals surface area contributed by atoms with E-state index in [0.717, 1.165) is 12.8 Å². The average molecular weight is 221 g/mol. The highest BCUT2D eigenvalue weighted by molar-refractivity contribution is 6.22. The summed E-state index contributed by atoms with van der Waals surface area (Å²) in [6.45, 7) is 4.58. The van der Waals surface area contributed by atoms with Crippen molar-refractivity contribution >= 4 is 17.2 Å². The summed E-state index contributed by atoms with van der Waals surface area (Å²) in [6.07, 6.45) is 4.41. The molecule has 0 heterocycles. The van der Waals surface area contributed by atoms with E-state index in [0.29, 0.717) is 5.41 Å². The minimum atomic E-state index is 0.184. The molecule has 0 aliphatic heterocycles. The van der Waals surface area contributed by atoms with Gasteiger partial charge in [-0.1, -0.05) is 50.3 Å². The van der Waals surface area contributed by atoms with Gasteiger partial charge in [0.2, 0.25) is 0 Å². The van der Waals surface area contributed by atoms with Gasteiger partial charge in [0.1, 0.15) is 0 Å². The standard InChI is InChI=1S/C14H17Cl/c1-14(2)9-12(8-13(15)10-14)11-6-4-3-5-7-11/h3-8,13H,9-10H2,1-2H3. The van der Waals surface area contributed by atoms with Crippen LogP contribution in [0.3, 0.4) is 0 Å². The van der Waals surface area contributed by atoms with Crippen LogP contribution in [-0.2, 0) is 0 Å². The van der Waals surface area contributed by atoms with Gasteiger partial charge in [0.25, 0.3) is 0 Å². The Labute approximate surface area is 97.0 Å². The molecule has 0 aromatic heterocycles. The van der Waals surface area contributed by atoms with Gasteiger partial charge < -0.3 is 0 Å². The first kappa shape index (κ1) is 10.8. The van der Waals surface area contributed by atoms with Crippen LogP contribution in [0.5, 0.6) is 0 Å². The first-order valence-corrected chi connectivity index (χ1v) is 5.91. The number of halogens is 1. The number of hydrogen-bond acceptors (Lipinski definition) is 0. The van der Waals surface area contributed by atoms with Gasteiger partial charge in [-0.3, -0.25) is 0 Å². The maximum Gasteiger partial charge on any atom is 0.0527 e. The predicted molar refractivity (Wildman–Crippen MR) is 67.1 cm³/mol. The van der Waals surface area contributed by atoms with Crippen LogP contribution in [0.15, 0.2) is 36.4 Å². The fourth-order valence-electron chi connectivity index (χ4n) is 2.30. The predicted octanol–water partition coefficient (Wildman–Crippen LogP) is 4.50. The lowest BCUT2D eigenvalue weighted by atomic mass is 9.75. The molecule has 1 aliphatic carbocycles. The van der Waals surface area contributed by atoms with E-state index in [1.807, 2.05) is 0 Å². The summed E-state index contributed by atoms with van der Waals surface area (Å²) in [5.41, 5.74) is 3.04. The second-order valence-corrected chi connectivity index (χ2v) is 5.68. The molecule has 2 rings (SSSR count). The Bertz CT molecular complexity index is 362. The van der Waals surface area contributed by atoms with Gasteiger partial charge in [-0.15, -0.1) is 11.6 Å². The summed E-state index contributed by atoms with van der Waals surface area (Å²) >= 11 is 6.27. The van der Waals surface area contributed by atoms with Crippen LogP contribution in [0.2, 0.25) is 0 Å². The highest BCUT2D eigenvalue weighted by atomic mass is 35.5. The van der Waals surface area contributed by atoms with E-state index in [1.165, 1.54) is 11.1 Å². The minimum Gasteiger partial charge on any atom is -0.118 e. The number of rotatable bonds is 1. The first-order valence-electron chi connectivity index (χ1n) is 5.47. The third kappa shape index (κ3) is 2.63. The lowest BCUT2D eigenvalue weighted by molar-refractivity contribution is 0.340. The molecular weight excluding hydrogens is 204 g/mol. The molecule has 0 saturated carbocycles. The molecule has 1 aliphatic rings. The van der Waals surface area contributed by atoms with Crippen LogP contribution in [0.4, 0.5) is 0 Å². The third-order valence-corrected chi connectivity index (χ3v) is 3.22. The highest BCUT2D eigenvalue weighted by Crippen LogP contribution is 2.40. The van der Waals surface area contributed by atoms with E-state index in [1.54, 1.807) is 0 Å². The van der Waals surface area contributed by atoms with E-state index in [2.05, 4.69) is 50.3 Å². The van der Waals surface area contributed by atoms with Crippen molar-refractivity contribution in [3.8, 4) is 0 Å². The zero-order valence-corrected chi connectivity index (χ0v) is 10.1. The Morgan fingerprint density at radius 1 is 1.20 bits per heavy atom. The van der Waals surface area contributed by atoms with Crippen molar-refractivity contribution in [1.29, 1.82) is 0 Å². The van der Waals surface area contributed by atoms with Crippen LogP contribution < -0.4 is 0 Å². The lowest BCUT2D eigenvalue weighted by Crippen LogP contribution is -2.21. The monoisotopic (exact) mass is 220 g/mol. The second kappa shape index (κ2) is 4.02. The Morgan fingerprint density at radius 2 is 1.87 bits per heavy atom. The molecule has 0 radical (unpaired) electrons. The van der Waals surface area contributed by atoms with Gasteiger partial charge in [0, 0.05) is 0 Å². The normalized spacial score (nSPS) is 24.7. The van der Waals surface area contributed by atoms with Gasteiger partial charge in [0.15, 0.2) is 0 Å². The third-order valence-electron chi connectivity index (χ3n) is 2.94. The summed E-state index contributed by atoms with van der Waals surface area (Å²) in [6, 6.07) is 10.5. The summed E-state index contributed by atoms with van der Waals surface area (Å²) in [4.78, 5) is 0. The van der Waals surface area contributed by atoms with E-state index in [4.69, 9.17) is 11.6 Å². The largest absolute Gasteiger partial charge is 0.118 e. The van der Waals surface area contributed by atoms with Gasteiger partial charge in [0.05, 0.1) is 5.38 Å². The molecule has 0 N–H and O–H groups in total. The van der Waals surface area contributed by atoms with Crippen LogP contribution >= 0.6 is 11.6 Å². The Morgan fingerprint density at radius 3 is 2.47 bits per heavy atom. The number of allylic oxidation sites excluding steroid dienone is 2. The SMILES string of the molecule is CC1(C)CC(c2ccccc2)=CC(Cl)C1. The zero-order chi connectivity index (χ0) is 10.9. The molecule has 0 bridgehead atoms. The molecule has 1 aromatic rings. The molecule has 15 heavy (non-hydrogen) atoms. The van der Waals surface area contributed by atoms with Crippen molar-refractivity contribution in [2.75, 3.05) is 0 Å². The van der Waals surface area contributed by atoms with Crippen LogP contribution in [0, 0.1) is 5.41 Å². The maximum atomic E-state index is 6.27. The molecule has 1 aromatic carbocycles. The Kier molecular flexibility index (Phi) is 2.88. The molecule has 0 amide bonds. The fourth-order valence-corrected chi connectivity index (χ4v) is 2.87. The van der Waals surface area contributed by atoms with Gasteiger partial charge in [-0.2, -0.15) is 0 Å². The fraction of sp³-hybridized carbons (Fsp3) is 0.429. The second-order valence-electron chi connectivity index (χ2n) is 5.12. The minimum absolute atomic E-state index is 0.184. The van der Waals surface area contributed by atoms with Crippen molar-refractivity contribution in [2.24, 2.45) is 5.41 Å². The molecule has 0 fully saturated rings. The van der Waals surface area contributed by atoms with E-state index >= 15 is 0 Å². The Balaban J connectivity index is 2.30. The summed E-state index contributed by atoms with van der Waals surface area (Å²) in [5, 5.41) is 0.184. The van der Waals surface area contributed by atoms with E-state index < -0.39 is 0 Å². The zero-order valence-electron chi connectivity index (χ0n) is 9.33. The van der Waals surface area contributed by atoms with Gasteiger partial charge in [-0.25, -0.2) is 0 Å². The number of alkyl halides is 1. The summed E-state index contributed by atoms with van der Waals surface area (Å²) in [7, 11) is 0. The maximum absolute atomic E-state index is 6.27. The van der Waals surface area contributed by atoms with Gasteiger partial charge in [-0.05, 0) is 29.4 Å². The molecule has 0 spiro atoms. The lowest BCUT2D eigenvalue weighted by Gasteiger charge is -2.32. The average Bonchev–Trinajstić information content (AvgIpc) is 2.16. The topological polar surface area (TPSA) is 0 Å². The van der Waals surface area contributed by atoms with E-state index in [9.17, 15) is 0 Å². The first-order chi connectivity index (χ1) is 7.07. The summed E-state index contributed by atoms with van der Waals surface area (Å²) in [5.74, 6) is 0. The van der Waals surface area contributed by atoms with Crippen LogP contribution in [0.25, 0.3) is 5.57 Å². The van der Waals surface area contributed by atoms with E-state index in [-0.39, 0.29) is 5.38 Å². The van der Waals surface area contributed by atoms with Crippen LogP contribution in [-0.4, -0.2) is 5.38 Å². The van der Waals surface area contributed by atoms with Crippen molar-refractivity contribution in [2.45, 2.75) is 32.1 Å². The molecule has 0 saturated heterocycles. The Hall–Kier alpha value is -0.750. The molecule has 1 unspecified atom stereocenters. The molecule has 0 nitrogen and oxygen atoms in total. The van der Waals surface area contributed by atoms with Crippen molar-refractivity contribution < 1.29 is 0 Å². The summed E-state index contributed by atoms with van der Waals surface area (Å²) < 4.78 is 0. The smallest absolute Gasteiger partial charge is 0.0527 e. The van der Waals surface area contributed by atoms with Crippen molar-refractivity contribution in [3.63, 3.8) is 0 Å². The van der Waals surface area contributed by atoms with Crippen molar-refractivity contribution in [3.05, 3.63) is 42.0 Å². The molecule has 1 heteroatoms. The quantitative estimate of drug-likeness (QED) is 0.612. The highest BCUT2D eigenvalue weighted by Gasteiger charge is 2.27. The number of benzene rings is 1. The molecule has 1 atom stereocenters. The molecular formula is C14H17Cl. The number of hydrogen-bond donors (Lipinski definition) is 0. The van der Waals surface area contributed by atoms with Gasteiger partial charge >= 0.3 is 0 Å². The molecule has 80 valence electrons. The van der Waals surface area contributed by atoms with Crippen molar-refractivity contribution in [1.82, 2.24) is 0 Å².